The van der Waals surface area contributed by atoms with Gasteiger partial charge in [-0.1, -0.05) is 31.5 Å². The van der Waals surface area contributed by atoms with Gasteiger partial charge < -0.3 is 5.32 Å². The largest absolute Gasteiger partial charge is 0.458 e. The van der Waals surface area contributed by atoms with Crippen LogP contribution < -0.4 is 5.32 Å². The lowest BCUT2D eigenvalue weighted by Crippen LogP contribution is -2.39. The zero-order valence-electron chi connectivity index (χ0n) is 14.3. The Kier molecular flexibility index (Phi) is 8.00. The molecule has 146 valence electrons. The van der Waals surface area contributed by atoms with Crippen LogP contribution in [0.15, 0.2) is 18.2 Å². The van der Waals surface area contributed by atoms with E-state index in [1.54, 1.807) is 0 Å². The molecule has 26 heavy (non-hydrogen) atoms. The number of ketones is 2. The van der Waals surface area contributed by atoms with E-state index >= 15 is 0 Å². The molecule has 0 fully saturated rings. The number of hydrogen-bond acceptors (Lipinski definition) is 3. The zero-order valence-corrected chi connectivity index (χ0v) is 14.3. The number of alkyl halides is 6. The number of rotatable bonds is 3. The second-order valence-corrected chi connectivity index (χ2v) is 5.62. The highest BCUT2D eigenvalue weighted by atomic mass is 19.4. The van der Waals surface area contributed by atoms with Gasteiger partial charge in [0.2, 0.25) is 5.91 Å². The summed E-state index contributed by atoms with van der Waals surface area (Å²) in [5, 5.41) is 2.90. The number of benzene rings is 1. The molecule has 0 bridgehead atoms. The van der Waals surface area contributed by atoms with Gasteiger partial charge in [-0.25, -0.2) is 0 Å². The van der Waals surface area contributed by atoms with Crippen molar-refractivity contribution in [3.8, 4) is 0 Å². The fraction of sp³-hybridized carbons (Fsp3) is 0.438. The molecular formula is C16H17F6NO3. The smallest absolute Gasteiger partial charge is 0.326 e. The van der Waals surface area contributed by atoms with E-state index in [0.29, 0.717) is 0 Å². The van der Waals surface area contributed by atoms with Crippen LogP contribution in [0.1, 0.15) is 25.0 Å². The van der Waals surface area contributed by atoms with Crippen LogP contribution >= 0.6 is 0 Å². The molecule has 0 saturated heterocycles. The van der Waals surface area contributed by atoms with Gasteiger partial charge in [0, 0.05) is 11.6 Å². The summed E-state index contributed by atoms with van der Waals surface area (Å²) in [4.78, 5) is 30.7. The maximum absolute atomic E-state index is 11.4. The highest BCUT2D eigenvalue weighted by Gasteiger charge is 2.54. The first kappa shape index (κ1) is 23.6. The number of carbonyl (C=O) groups excluding carboxylic acids is 3. The van der Waals surface area contributed by atoms with Crippen molar-refractivity contribution >= 4 is 23.2 Å². The van der Waals surface area contributed by atoms with Gasteiger partial charge in [-0.2, -0.15) is 26.3 Å². The summed E-state index contributed by atoms with van der Waals surface area (Å²) in [5.41, 5.74) is 3.23. The van der Waals surface area contributed by atoms with Crippen molar-refractivity contribution in [2.45, 2.75) is 40.0 Å². The van der Waals surface area contributed by atoms with Crippen molar-refractivity contribution in [3.63, 3.8) is 0 Å². The van der Waals surface area contributed by atoms with E-state index < -0.39 is 23.9 Å². The highest BCUT2D eigenvalue weighted by Crippen LogP contribution is 2.24. The van der Waals surface area contributed by atoms with E-state index in [4.69, 9.17) is 0 Å². The number of halogens is 6. The van der Waals surface area contributed by atoms with Crippen LogP contribution in [0.2, 0.25) is 0 Å². The van der Waals surface area contributed by atoms with Gasteiger partial charge in [-0.15, -0.1) is 0 Å². The van der Waals surface area contributed by atoms with Crippen molar-refractivity contribution < 1.29 is 40.7 Å². The van der Waals surface area contributed by atoms with E-state index in [2.05, 4.69) is 11.4 Å². The first-order chi connectivity index (χ1) is 11.6. The van der Waals surface area contributed by atoms with E-state index in [0.717, 1.165) is 11.3 Å². The van der Waals surface area contributed by atoms with Gasteiger partial charge in [0.25, 0.3) is 0 Å². The third-order valence-corrected chi connectivity index (χ3v) is 2.89. The molecule has 0 unspecified atom stereocenters. The molecule has 1 aromatic carbocycles. The molecule has 4 nitrogen and oxygen atoms in total. The summed E-state index contributed by atoms with van der Waals surface area (Å²) in [7, 11) is 0. The second-order valence-electron chi connectivity index (χ2n) is 5.62. The monoisotopic (exact) mass is 385 g/mol. The van der Waals surface area contributed by atoms with Crippen molar-refractivity contribution in [2.75, 3.05) is 5.32 Å². The molecule has 0 spiro atoms. The molecule has 10 heteroatoms. The minimum atomic E-state index is -5.77. The average molecular weight is 385 g/mol. The Hall–Kier alpha value is -2.39. The lowest BCUT2D eigenvalue weighted by molar-refractivity contribution is -0.193. The molecule has 0 atom stereocenters. The minimum absolute atomic E-state index is 0.0238. The van der Waals surface area contributed by atoms with Crippen LogP contribution in [0.4, 0.5) is 32.0 Å². The summed E-state index contributed by atoms with van der Waals surface area (Å²) in [6.45, 7) is 7.82. The molecule has 0 aliphatic heterocycles. The summed E-state index contributed by atoms with van der Waals surface area (Å²) in [6, 6.07) is 6.02. The summed E-state index contributed by atoms with van der Waals surface area (Å²) >= 11 is 0. The SMILES string of the molecule is Cc1ccc(NC(=O)C(C)C)c(C)c1.O=C(C(=O)C(F)(F)F)C(F)(F)F. The van der Waals surface area contributed by atoms with Gasteiger partial charge in [-0.3, -0.25) is 14.4 Å². The molecule has 0 aliphatic rings. The minimum Gasteiger partial charge on any atom is -0.326 e. The molecule has 0 saturated carbocycles. The maximum atomic E-state index is 11.4. The van der Waals surface area contributed by atoms with E-state index in [-0.39, 0.29) is 11.8 Å². The van der Waals surface area contributed by atoms with E-state index in [9.17, 15) is 40.7 Å². The predicted molar refractivity (Wildman–Crippen MR) is 81.5 cm³/mol. The Morgan fingerprint density at radius 1 is 0.885 bits per heavy atom. The number of carbonyl (C=O) groups is 3. The standard InChI is InChI=1S/C12H17NO.C4F6O2/c1-8(2)12(14)13-11-6-5-9(3)7-10(11)4;5-3(6,7)1(11)2(12)4(8,9)10/h5-8H,1-4H3,(H,13,14);. The number of aryl methyl sites for hydroxylation is 2. The maximum Gasteiger partial charge on any atom is 0.458 e. The fourth-order valence-corrected chi connectivity index (χ4v) is 1.49. The summed E-state index contributed by atoms with van der Waals surface area (Å²) in [5.74, 6) is -6.72. The molecule has 1 aromatic rings. The number of anilines is 1. The number of nitrogens with one attached hydrogen (secondary N) is 1. The van der Waals surface area contributed by atoms with Gasteiger partial charge >= 0.3 is 23.9 Å². The zero-order chi connectivity index (χ0) is 20.9. The normalized spacial score (nSPS) is 11.5. The third kappa shape index (κ3) is 7.66. The molecule has 0 aromatic heterocycles. The Bertz CT molecular complexity index is 654. The Morgan fingerprint density at radius 3 is 1.62 bits per heavy atom. The molecular weight excluding hydrogens is 368 g/mol. The number of Topliss-reactive ketones (excluding diaryl/α,β-unsaturated/α-hetero) is 2. The van der Waals surface area contributed by atoms with Gasteiger partial charge in [-0.05, 0) is 25.5 Å². The molecule has 0 heterocycles. The van der Waals surface area contributed by atoms with Crippen LogP contribution in [-0.4, -0.2) is 29.8 Å². The third-order valence-electron chi connectivity index (χ3n) is 2.89. The van der Waals surface area contributed by atoms with Crippen LogP contribution in [0.3, 0.4) is 0 Å². The molecule has 1 rings (SSSR count). The summed E-state index contributed by atoms with van der Waals surface area (Å²) < 4.78 is 67.0. The van der Waals surface area contributed by atoms with Crippen molar-refractivity contribution in [1.29, 1.82) is 0 Å². The van der Waals surface area contributed by atoms with E-state index in [1.807, 2.05) is 39.8 Å². The van der Waals surface area contributed by atoms with Gasteiger partial charge in [0.05, 0.1) is 0 Å². The Morgan fingerprint density at radius 2 is 1.31 bits per heavy atom. The molecule has 0 radical (unpaired) electrons. The van der Waals surface area contributed by atoms with Crippen LogP contribution in [0.5, 0.6) is 0 Å². The Labute approximate surface area is 145 Å². The Balaban J connectivity index is 0.000000488. The number of amides is 1. The molecule has 0 aliphatic carbocycles. The molecule has 1 amide bonds. The van der Waals surface area contributed by atoms with Crippen molar-refractivity contribution in [2.24, 2.45) is 5.92 Å². The van der Waals surface area contributed by atoms with Gasteiger partial charge in [0.15, 0.2) is 0 Å². The first-order valence-corrected chi connectivity index (χ1v) is 7.18. The highest BCUT2D eigenvalue weighted by molar-refractivity contribution is 6.41. The second kappa shape index (κ2) is 8.81. The van der Waals surface area contributed by atoms with Crippen LogP contribution in [0.25, 0.3) is 0 Å². The predicted octanol–water partition coefficient (Wildman–Crippen LogP) is 4.15. The number of hydrogen-bond donors (Lipinski definition) is 1. The lowest BCUT2D eigenvalue weighted by Gasteiger charge is -2.10. The fourth-order valence-electron chi connectivity index (χ4n) is 1.49. The van der Waals surface area contributed by atoms with Gasteiger partial charge in [0.1, 0.15) is 0 Å². The molecule has 1 N–H and O–H groups in total. The quantitative estimate of drug-likeness (QED) is 0.628. The first-order valence-electron chi connectivity index (χ1n) is 7.18. The van der Waals surface area contributed by atoms with Crippen LogP contribution in [0, 0.1) is 19.8 Å². The van der Waals surface area contributed by atoms with E-state index in [1.165, 1.54) is 5.56 Å². The lowest BCUT2D eigenvalue weighted by atomic mass is 10.1. The average Bonchev–Trinajstić information content (AvgIpc) is 2.47. The van der Waals surface area contributed by atoms with Crippen LogP contribution in [-0.2, 0) is 14.4 Å². The summed E-state index contributed by atoms with van der Waals surface area (Å²) in [6.07, 6.45) is -11.5. The van der Waals surface area contributed by atoms with Crippen molar-refractivity contribution in [3.05, 3.63) is 29.3 Å². The van der Waals surface area contributed by atoms with Crippen molar-refractivity contribution in [1.82, 2.24) is 0 Å². The topological polar surface area (TPSA) is 63.2 Å².